The van der Waals surface area contributed by atoms with Crippen molar-refractivity contribution >= 4 is 27.6 Å². The van der Waals surface area contributed by atoms with Gasteiger partial charge in [-0.05, 0) is 43.7 Å². The zero-order chi connectivity index (χ0) is 16.2. The number of esters is 1. The Labute approximate surface area is 139 Å². The molecule has 0 amide bonds. The molecule has 2 aromatic rings. The summed E-state index contributed by atoms with van der Waals surface area (Å²) in [6.45, 7) is 2.22. The molecule has 0 bridgehead atoms. The third kappa shape index (κ3) is 4.02. The average Bonchev–Trinajstić information content (AvgIpc) is 2.92. The van der Waals surface area contributed by atoms with Crippen molar-refractivity contribution in [3.8, 4) is 5.75 Å². The summed E-state index contributed by atoms with van der Waals surface area (Å²) in [7, 11) is 0. The van der Waals surface area contributed by atoms with Gasteiger partial charge in [0.15, 0.2) is 5.58 Å². The fourth-order valence-corrected chi connectivity index (χ4v) is 3.94. The predicted molar refractivity (Wildman–Crippen MR) is 91.0 cm³/mol. The maximum atomic E-state index is 12.3. The Morgan fingerprint density at radius 1 is 1.30 bits per heavy atom. The third-order valence-corrected chi connectivity index (χ3v) is 5.47. The highest BCUT2D eigenvalue weighted by molar-refractivity contribution is 7.16. The monoisotopic (exact) mass is 334 g/mol. The molecule has 0 atom stereocenters. The number of benzene rings is 1. The summed E-state index contributed by atoms with van der Waals surface area (Å²) in [5, 5.41) is 0. The molecular weight excluding hydrogens is 312 g/mol. The van der Waals surface area contributed by atoms with Gasteiger partial charge in [0.2, 0.25) is 0 Å². The van der Waals surface area contributed by atoms with Gasteiger partial charge < -0.3 is 9.15 Å². The summed E-state index contributed by atoms with van der Waals surface area (Å²) in [6, 6.07) is 5.10. The first-order chi connectivity index (χ1) is 11.2. The van der Waals surface area contributed by atoms with E-state index in [1.165, 1.54) is 19.3 Å². The lowest BCUT2D eigenvalue weighted by molar-refractivity contribution is -0.140. The maximum absolute atomic E-state index is 12.3. The van der Waals surface area contributed by atoms with Crippen molar-refractivity contribution in [1.29, 1.82) is 0 Å². The van der Waals surface area contributed by atoms with E-state index in [4.69, 9.17) is 9.15 Å². The minimum absolute atomic E-state index is 0.00180. The van der Waals surface area contributed by atoms with Gasteiger partial charge in [-0.2, -0.15) is 0 Å². The van der Waals surface area contributed by atoms with Gasteiger partial charge in [-0.15, -0.1) is 0 Å². The average molecular weight is 334 g/mol. The summed E-state index contributed by atoms with van der Waals surface area (Å²) in [5.74, 6) is 1.07. The lowest BCUT2D eigenvalue weighted by Crippen LogP contribution is -2.25. The van der Waals surface area contributed by atoms with Crippen molar-refractivity contribution < 1.29 is 13.9 Å². The molecule has 0 N–H and O–H groups in total. The van der Waals surface area contributed by atoms with Crippen molar-refractivity contribution in [1.82, 2.24) is 0 Å². The van der Waals surface area contributed by atoms with E-state index in [0.29, 0.717) is 11.3 Å². The molecule has 3 rings (SSSR count). The van der Waals surface area contributed by atoms with Crippen LogP contribution >= 0.6 is 11.3 Å². The Morgan fingerprint density at radius 3 is 2.83 bits per heavy atom. The fraction of sp³-hybridized carbons (Fsp3) is 0.556. The summed E-state index contributed by atoms with van der Waals surface area (Å²) < 4.78 is 11.3. The maximum Gasteiger partial charge on any atom is 0.396 e. The molecule has 1 aromatic heterocycles. The van der Waals surface area contributed by atoms with Crippen LogP contribution in [0.3, 0.4) is 0 Å². The largest absolute Gasteiger partial charge is 0.426 e. The second-order valence-electron chi connectivity index (χ2n) is 6.34. The van der Waals surface area contributed by atoms with Crippen LogP contribution in [-0.2, 0) is 4.79 Å². The summed E-state index contributed by atoms with van der Waals surface area (Å²) in [6.07, 6.45) is 7.89. The smallest absolute Gasteiger partial charge is 0.396 e. The van der Waals surface area contributed by atoms with E-state index in [2.05, 4.69) is 6.92 Å². The van der Waals surface area contributed by atoms with Gasteiger partial charge in [0, 0.05) is 6.07 Å². The second kappa shape index (κ2) is 7.30. The molecule has 0 radical (unpaired) electrons. The third-order valence-electron chi connectivity index (χ3n) is 4.67. The van der Waals surface area contributed by atoms with E-state index in [0.717, 1.165) is 47.6 Å². The molecule has 1 saturated carbocycles. The van der Waals surface area contributed by atoms with Gasteiger partial charge in [0.1, 0.15) is 5.75 Å². The Morgan fingerprint density at radius 2 is 2.09 bits per heavy atom. The van der Waals surface area contributed by atoms with Crippen molar-refractivity contribution in [3.63, 3.8) is 0 Å². The summed E-state index contributed by atoms with van der Waals surface area (Å²) >= 11 is 1.05. The molecule has 5 heteroatoms. The van der Waals surface area contributed by atoms with Crippen LogP contribution < -0.4 is 9.68 Å². The molecule has 0 spiro atoms. The second-order valence-corrected chi connectivity index (χ2v) is 7.32. The molecule has 1 aromatic carbocycles. The molecule has 1 aliphatic carbocycles. The molecule has 0 unspecified atom stereocenters. The number of rotatable bonds is 5. The van der Waals surface area contributed by atoms with Crippen LogP contribution in [0.5, 0.6) is 5.75 Å². The van der Waals surface area contributed by atoms with E-state index in [1.54, 1.807) is 18.2 Å². The number of unbranched alkanes of at least 4 members (excludes halogenated alkanes) is 1. The van der Waals surface area contributed by atoms with Gasteiger partial charge in [-0.3, -0.25) is 4.79 Å². The van der Waals surface area contributed by atoms with Crippen LogP contribution in [0.1, 0.15) is 51.9 Å². The first-order valence-corrected chi connectivity index (χ1v) is 9.22. The van der Waals surface area contributed by atoms with Crippen molar-refractivity contribution in [2.24, 2.45) is 11.8 Å². The van der Waals surface area contributed by atoms with Crippen molar-refractivity contribution in [2.45, 2.75) is 51.9 Å². The molecule has 1 aliphatic rings. The highest BCUT2D eigenvalue weighted by Gasteiger charge is 2.27. The van der Waals surface area contributed by atoms with Crippen molar-refractivity contribution in [2.75, 3.05) is 0 Å². The molecule has 1 fully saturated rings. The Kier molecular flexibility index (Phi) is 5.16. The lowest BCUT2D eigenvalue weighted by Gasteiger charge is -2.27. The fourth-order valence-electron chi connectivity index (χ4n) is 3.30. The summed E-state index contributed by atoms with van der Waals surface area (Å²) in [4.78, 5) is 23.2. The first kappa shape index (κ1) is 16.2. The van der Waals surface area contributed by atoms with Crippen LogP contribution in [0, 0.1) is 11.8 Å². The number of hydrogen-bond donors (Lipinski definition) is 0. The topological polar surface area (TPSA) is 56.5 Å². The highest BCUT2D eigenvalue weighted by atomic mass is 32.1. The molecule has 0 saturated heterocycles. The van der Waals surface area contributed by atoms with E-state index < -0.39 is 0 Å². The van der Waals surface area contributed by atoms with Crippen molar-refractivity contribution in [3.05, 3.63) is 27.9 Å². The lowest BCUT2D eigenvalue weighted by atomic mass is 9.80. The molecule has 0 aliphatic heterocycles. The molecular formula is C18H22O4S. The van der Waals surface area contributed by atoms with Crippen LogP contribution in [0.2, 0.25) is 0 Å². The minimum Gasteiger partial charge on any atom is -0.426 e. The number of fused-ring (bicyclic) bond motifs is 1. The molecule has 1 heterocycles. The van der Waals surface area contributed by atoms with E-state index in [-0.39, 0.29) is 16.8 Å². The predicted octanol–water partition coefficient (Wildman–Crippen LogP) is 4.76. The Balaban J connectivity index is 1.57. The van der Waals surface area contributed by atoms with Crippen LogP contribution in [0.4, 0.5) is 0 Å². The van der Waals surface area contributed by atoms with Gasteiger partial charge in [0.25, 0.3) is 0 Å². The quantitative estimate of drug-likeness (QED) is 0.584. The van der Waals surface area contributed by atoms with Crippen LogP contribution in [0.25, 0.3) is 10.3 Å². The highest BCUT2D eigenvalue weighted by Crippen LogP contribution is 2.33. The van der Waals surface area contributed by atoms with E-state index in [1.807, 2.05) is 0 Å². The molecule has 124 valence electrons. The zero-order valence-corrected chi connectivity index (χ0v) is 14.2. The van der Waals surface area contributed by atoms with E-state index in [9.17, 15) is 9.59 Å². The molecule has 23 heavy (non-hydrogen) atoms. The number of carbonyl (C=O) groups excluding carboxylic acids is 1. The number of carbonyl (C=O) groups is 1. The SMILES string of the molecule is CCCCC1CCC(C(=O)Oc2ccc3sc(=O)oc3c2)CC1. The van der Waals surface area contributed by atoms with Crippen LogP contribution in [0.15, 0.2) is 27.4 Å². The van der Waals surface area contributed by atoms with Gasteiger partial charge >= 0.3 is 10.9 Å². The van der Waals surface area contributed by atoms with E-state index >= 15 is 0 Å². The summed E-state index contributed by atoms with van der Waals surface area (Å²) in [5.41, 5.74) is 0.480. The number of hydrogen-bond acceptors (Lipinski definition) is 5. The van der Waals surface area contributed by atoms with Gasteiger partial charge in [0.05, 0.1) is 10.6 Å². The minimum atomic E-state index is -0.339. The Bertz CT molecular complexity index is 722. The molecule has 4 nitrogen and oxygen atoms in total. The first-order valence-electron chi connectivity index (χ1n) is 8.41. The van der Waals surface area contributed by atoms with Gasteiger partial charge in [-0.25, -0.2) is 4.79 Å². The zero-order valence-electron chi connectivity index (χ0n) is 13.4. The standard InChI is InChI=1S/C18H22O4S/c1-2-3-4-12-5-7-13(8-6-12)17(19)21-14-9-10-16-15(11-14)22-18(20)23-16/h9-13H,2-8H2,1H3. The Hall–Kier alpha value is -1.62. The normalized spacial score (nSPS) is 21.4. The van der Waals surface area contributed by atoms with Gasteiger partial charge in [-0.1, -0.05) is 37.5 Å². The number of ether oxygens (including phenoxy) is 1. The van der Waals surface area contributed by atoms with Crippen LogP contribution in [-0.4, -0.2) is 5.97 Å².